The zero-order valence-corrected chi connectivity index (χ0v) is 25.2. The second-order valence-corrected chi connectivity index (χ2v) is 11.9. The molecule has 0 radical (unpaired) electrons. The van der Waals surface area contributed by atoms with Crippen LogP contribution in [0, 0.1) is 23.3 Å². The lowest BCUT2D eigenvalue weighted by molar-refractivity contribution is 0.282. The Labute approximate surface area is 250 Å². The summed E-state index contributed by atoms with van der Waals surface area (Å²) in [6.07, 6.45) is 7.72. The fourth-order valence-electron chi connectivity index (χ4n) is 5.75. The van der Waals surface area contributed by atoms with Crippen LogP contribution in [-0.4, -0.2) is 13.3 Å². The summed E-state index contributed by atoms with van der Waals surface area (Å²) in [6, 6.07) is 28.1. The monoisotopic (exact) mass is 640 g/mol. The van der Waals surface area contributed by atoms with E-state index in [0.717, 1.165) is 32.6 Å². The molecule has 40 heavy (non-hydrogen) atoms. The maximum atomic E-state index is 6.14. The predicted octanol–water partition coefficient (Wildman–Crippen LogP) is 9.07. The molecule has 5 heteroatoms. The van der Waals surface area contributed by atoms with E-state index in [-0.39, 0.29) is 6.04 Å². The van der Waals surface area contributed by atoms with Gasteiger partial charge >= 0.3 is 0 Å². The van der Waals surface area contributed by atoms with Gasteiger partial charge in [-0.25, -0.2) is 0 Å². The number of ether oxygens (including phenoxy) is 2. The van der Waals surface area contributed by atoms with Crippen molar-refractivity contribution >= 4 is 40.2 Å². The van der Waals surface area contributed by atoms with E-state index in [0.29, 0.717) is 24.2 Å². The number of rotatable bonds is 7. The van der Waals surface area contributed by atoms with Gasteiger partial charge in [0.25, 0.3) is 0 Å². The van der Waals surface area contributed by atoms with Gasteiger partial charge in [-0.3, -0.25) is 4.99 Å². The number of fused-ring (bicyclic) bond motifs is 3. The molecule has 4 aromatic carbocycles. The molecule has 0 fully saturated rings. The Kier molecular flexibility index (Phi) is 7.65. The van der Waals surface area contributed by atoms with Crippen molar-refractivity contribution < 1.29 is 9.47 Å². The van der Waals surface area contributed by atoms with Crippen LogP contribution in [0.4, 0.5) is 11.4 Å². The summed E-state index contributed by atoms with van der Waals surface area (Å²) in [5.74, 6) is 2.46. The Morgan fingerprint density at radius 2 is 1.73 bits per heavy atom. The standard InChI is InChI=1S/C35H33IN2O2/c1-22-7-10-24(11-8-22)21-40-35-31(36)18-25(19-33(35)39-3)20-37-27-14-12-26(13-15-27)34-29-6-4-5-28(29)30-17-23(2)9-16-32(30)38-34/h4-5,7-20,28-29,34,38H,6,21H2,1-3H3/t28-,29-,34-/m0/s1. The van der Waals surface area contributed by atoms with Crippen LogP contribution in [0.15, 0.2) is 96.0 Å². The molecule has 6 rings (SSSR count). The SMILES string of the molecule is COc1cc(C=Nc2ccc([C@@H]3Nc4ccc(C)cc4[C@H]4C=CC[C@@H]43)cc2)cc(I)c1OCc1ccc(C)cc1. The van der Waals surface area contributed by atoms with Gasteiger partial charge in [0.05, 0.1) is 22.4 Å². The van der Waals surface area contributed by atoms with E-state index in [1.807, 2.05) is 12.3 Å². The molecule has 1 aliphatic carbocycles. The molecule has 0 amide bonds. The van der Waals surface area contributed by atoms with Crippen LogP contribution in [0.5, 0.6) is 11.5 Å². The number of aryl methyl sites for hydroxylation is 2. The molecular weight excluding hydrogens is 607 g/mol. The van der Waals surface area contributed by atoms with Crippen LogP contribution < -0.4 is 14.8 Å². The number of aliphatic imine (C=N–C) groups is 1. The molecule has 0 aromatic heterocycles. The topological polar surface area (TPSA) is 42.8 Å². The zero-order valence-electron chi connectivity index (χ0n) is 23.0. The van der Waals surface area contributed by atoms with Gasteiger partial charge in [0.2, 0.25) is 0 Å². The Balaban J connectivity index is 1.16. The number of halogens is 1. The van der Waals surface area contributed by atoms with E-state index in [9.17, 15) is 0 Å². The maximum Gasteiger partial charge on any atom is 0.174 e. The molecule has 0 bridgehead atoms. The fraction of sp³-hybridized carbons (Fsp3) is 0.229. The highest BCUT2D eigenvalue weighted by Gasteiger charge is 2.37. The Hall–Kier alpha value is -3.58. The summed E-state index contributed by atoms with van der Waals surface area (Å²) in [7, 11) is 1.67. The molecule has 4 nitrogen and oxygen atoms in total. The molecule has 0 unspecified atom stereocenters. The molecule has 1 N–H and O–H groups in total. The Bertz CT molecular complexity index is 1570. The third kappa shape index (κ3) is 5.52. The van der Waals surface area contributed by atoms with Crippen molar-refractivity contribution in [2.45, 2.75) is 38.8 Å². The minimum atomic E-state index is 0.284. The van der Waals surface area contributed by atoms with Crippen LogP contribution >= 0.6 is 22.6 Å². The molecule has 1 heterocycles. The largest absolute Gasteiger partial charge is 0.493 e. The molecular formula is C35H33IN2O2. The first-order valence-electron chi connectivity index (χ1n) is 13.7. The van der Waals surface area contributed by atoms with Crippen molar-refractivity contribution in [2.24, 2.45) is 10.9 Å². The summed E-state index contributed by atoms with van der Waals surface area (Å²) >= 11 is 2.30. The minimum absolute atomic E-state index is 0.284. The van der Waals surface area contributed by atoms with E-state index in [4.69, 9.17) is 14.5 Å². The van der Waals surface area contributed by atoms with Gasteiger partial charge in [-0.2, -0.15) is 0 Å². The lowest BCUT2D eigenvalue weighted by atomic mass is 9.76. The highest BCUT2D eigenvalue weighted by atomic mass is 127. The number of nitrogens with one attached hydrogen (secondary N) is 1. The second-order valence-electron chi connectivity index (χ2n) is 10.7. The third-order valence-corrected chi connectivity index (χ3v) is 8.69. The summed E-state index contributed by atoms with van der Waals surface area (Å²) in [5, 5.41) is 3.83. The number of anilines is 1. The van der Waals surface area contributed by atoms with Crippen molar-refractivity contribution in [3.8, 4) is 11.5 Å². The van der Waals surface area contributed by atoms with Crippen molar-refractivity contribution in [1.82, 2.24) is 0 Å². The highest BCUT2D eigenvalue weighted by molar-refractivity contribution is 14.1. The van der Waals surface area contributed by atoms with Crippen molar-refractivity contribution in [1.29, 1.82) is 0 Å². The molecule has 0 saturated heterocycles. The number of benzene rings is 4. The smallest absolute Gasteiger partial charge is 0.174 e. The first-order chi connectivity index (χ1) is 19.5. The number of nitrogens with zero attached hydrogens (tertiary/aromatic N) is 1. The van der Waals surface area contributed by atoms with Crippen molar-refractivity contribution in [3.05, 3.63) is 128 Å². The maximum absolute atomic E-state index is 6.14. The lowest BCUT2D eigenvalue weighted by Crippen LogP contribution is -2.29. The second kappa shape index (κ2) is 11.5. The van der Waals surface area contributed by atoms with E-state index >= 15 is 0 Å². The first kappa shape index (κ1) is 26.6. The molecule has 4 aromatic rings. The average molecular weight is 641 g/mol. The van der Waals surface area contributed by atoms with E-state index < -0.39 is 0 Å². The molecule has 1 aliphatic heterocycles. The van der Waals surface area contributed by atoms with Crippen LogP contribution in [-0.2, 0) is 6.61 Å². The zero-order chi connectivity index (χ0) is 27.6. The van der Waals surface area contributed by atoms with E-state index in [2.05, 4.69) is 127 Å². The summed E-state index contributed by atoms with van der Waals surface area (Å²) in [4.78, 5) is 4.77. The van der Waals surface area contributed by atoms with Gasteiger partial charge in [0.15, 0.2) is 11.5 Å². The first-order valence-corrected chi connectivity index (χ1v) is 14.8. The van der Waals surface area contributed by atoms with Gasteiger partial charge in [0.1, 0.15) is 6.61 Å². The number of hydrogen-bond donors (Lipinski definition) is 1. The van der Waals surface area contributed by atoms with Gasteiger partial charge in [-0.1, -0.05) is 71.8 Å². The van der Waals surface area contributed by atoms with E-state index in [1.165, 1.54) is 27.9 Å². The van der Waals surface area contributed by atoms with Crippen LogP contribution in [0.1, 0.15) is 51.8 Å². The number of hydrogen-bond acceptors (Lipinski definition) is 4. The molecule has 2 aliphatic rings. The number of methoxy groups -OCH3 is 1. The van der Waals surface area contributed by atoms with Crippen LogP contribution in [0.3, 0.4) is 0 Å². The van der Waals surface area contributed by atoms with Crippen LogP contribution in [0.25, 0.3) is 0 Å². The van der Waals surface area contributed by atoms with E-state index in [1.54, 1.807) is 7.11 Å². The van der Waals surface area contributed by atoms with Crippen molar-refractivity contribution in [2.75, 3.05) is 12.4 Å². The lowest BCUT2D eigenvalue weighted by Gasteiger charge is -2.37. The number of allylic oxidation sites excluding steroid dienone is 2. The summed E-state index contributed by atoms with van der Waals surface area (Å²) in [5.41, 5.74) is 9.54. The van der Waals surface area contributed by atoms with Gasteiger partial charge in [-0.05, 0) is 101 Å². The summed E-state index contributed by atoms with van der Waals surface area (Å²) in [6.45, 7) is 4.75. The highest BCUT2D eigenvalue weighted by Crippen LogP contribution is 2.50. The van der Waals surface area contributed by atoms with Gasteiger partial charge in [0, 0.05) is 17.8 Å². The predicted molar refractivity (Wildman–Crippen MR) is 172 cm³/mol. The Morgan fingerprint density at radius 1 is 0.950 bits per heavy atom. The Morgan fingerprint density at radius 3 is 2.50 bits per heavy atom. The third-order valence-electron chi connectivity index (χ3n) is 7.89. The van der Waals surface area contributed by atoms with Crippen molar-refractivity contribution in [3.63, 3.8) is 0 Å². The normalized spacial score (nSPS) is 19.2. The van der Waals surface area contributed by atoms with Gasteiger partial charge < -0.3 is 14.8 Å². The average Bonchev–Trinajstić information content (AvgIpc) is 3.47. The quantitative estimate of drug-likeness (QED) is 0.125. The molecule has 0 spiro atoms. The van der Waals surface area contributed by atoms with Gasteiger partial charge in [-0.15, -0.1) is 0 Å². The summed E-state index contributed by atoms with van der Waals surface area (Å²) < 4.78 is 12.8. The molecule has 202 valence electrons. The molecule has 0 saturated carbocycles. The van der Waals surface area contributed by atoms with Crippen LogP contribution in [0.2, 0.25) is 0 Å². The minimum Gasteiger partial charge on any atom is -0.493 e. The molecule has 3 atom stereocenters. The fourth-order valence-corrected chi connectivity index (χ4v) is 6.54.